The van der Waals surface area contributed by atoms with Gasteiger partial charge in [-0.25, -0.2) is 0 Å². The van der Waals surface area contributed by atoms with Gasteiger partial charge in [0.1, 0.15) is 6.10 Å². The summed E-state index contributed by atoms with van der Waals surface area (Å²) in [5.41, 5.74) is 2.25. The van der Waals surface area contributed by atoms with Crippen molar-refractivity contribution in [1.29, 1.82) is 0 Å². The summed E-state index contributed by atoms with van der Waals surface area (Å²) in [4.78, 5) is 34.5. The van der Waals surface area contributed by atoms with E-state index < -0.39 is 0 Å². The number of aromatic nitrogens is 1. The molecule has 0 fully saturated rings. The third-order valence-corrected chi connectivity index (χ3v) is 7.26. The highest BCUT2D eigenvalue weighted by atomic mass is 16.7. The van der Waals surface area contributed by atoms with Crippen LogP contribution in [0.3, 0.4) is 0 Å². The molecule has 2 aliphatic rings. The highest BCUT2D eigenvalue weighted by Gasteiger charge is 2.34. The van der Waals surface area contributed by atoms with Gasteiger partial charge in [0.25, 0.3) is 11.8 Å². The van der Waals surface area contributed by atoms with Gasteiger partial charge in [0.15, 0.2) is 17.2 Å². The lowest BCUT2D eigenvalue weighted by Gasteiger charge is -2.38. The zero-order chi connectivity index (χ0) is 28.2. The summed E-state index contributed by atoms with van der Waals surface area (Å²) in [6.07, 6.45) is 2.78. The van der Waals surface area contributed by atoms with Crippen LogP contribution in [0.2, 0.25) is 0 Å². The second kappa shape index (κ2) is 11.9. The second-order valence-corrected chi connectivity index (χ2v) is 10.4. The molecule has 3 heterocycles. The molecule has 0 radical (unpaired) electrons. The van der Waals surface area contributed by atoms with Crippen LogP contribution in [-0.4, -0.2) is 77.4 Å². The van der Waals surface area contributed by atoms with Crippen LogP contribution in [0.25, 0.3) is 0 Å². The van der Waals surface area contributed by atoms with Crippen LogP contribution >= 0.6 is 0 Å². The molecule has 0 bridgehead atoms. The van der Waals surface area contributed by atoms with Crippen molar-refractivity contribution in [2.45, 2.75) is 32.5 Å². The number of pyridine rings is 1. The highest BCUT2D eigenvalue weighted by Crippen LogP contribution is 2.36. The van der Waals surface area contributed by atoms with Gasteiger partial charge in [-0.2, -0.15) is 0 Å². The number of carbonyl (C=O) groups excluding carboxylic acids is 2. The Hall–Kier alpha value is -4.15. The van der Waals surface area contributed by atoms with Crippen LogP contribution in [0, 0.1) is 5.92 Å². The molecule has 210 valence electrons. The maximum Gasteiger partial charge on any atom is 0.258 e. The number of likely N-dealkylation sites (N-methyl/N-ethyl adjacent to an activating group) is 1. The molecule has 2 amide bonds. The lowest BCUT2D eigenvalue weighted by Crippen LogP contribution is -2.49. The predicted octanol–water partition coefficient (Wildman–Crippen LogP) is 3.41. The average molecular weight is 547 g/mol. The molecule has 1 unspecified atom stereocenters. The monoisotopic (exact) mass is 546 g/mol. The molecule has 2 aromatic carbocycles. The third kappa shape index (κ3) is 5.88. The van der Waals surface area contributed by atoms with Crippen LogP contribution in [0.15, 0.2) is 60.9 Å². The Kier molecular flexibility index (Phi) is 8.18. The Morgan fingerprint density at radius 1 is 1.18 bits per heavy atom. The smallest absolute Gasteiger partial charge is 0.258 e. The molecule has 10 nitrogen and oxygen atoms in total. The number of amides is 2. The first-order valence-corrected chi connectivity index (χ1v) is 13.3. The highest BCUT2D eigenvalue weighted by molar-refractivity contribution is 6.07. The molecular formula is C30H34N4O6. The first kappa shape index (κ1) is 27.4. The maximum atomic E-state index is 13.7. The summed E-state index contributed by atoms with van der Waals surface area (Å²) in [6.45, 7) is 5.53. The number of nitrogens with one attached hydrogen (secondary N) is 1. The Labute approximate surface area is 233 Å². The molecule has 0 saturated heterocycles. The fourth-order valence-electron chi connectivity index (χ4n) is 4.98. The van der Waals surface area contributed by atoms with Gasteiger partial charge >= 0.3 is 0 Å². The number of hydrogen-bond donors (Lipinski definition) is 2. The largest absolute Gasteiger partial charge is 0.486 e. The molecule has 5 rings (SSSR count). The summed E-state index contributed by atoms with van der Waals surface area (Å²) in [7, 11) is 2.01. The molecule has 2 aliphatic heterocycles. The minimum absolute atomic E-state index is 0.0748. The number of aliphatic hydroxyl groups excluding tert-OH is 1. The Bertz CT molecular complexity index is 1370. The van der Waals surface area contributed by atoms with Crippen LogP contribution < -0.4 is 19.5 Å². The van der Waals surface area contributed by atoms with E-state index in [0.717, 1.165) is 17.1 Å². The molecule has 3 aromatic rings. The van der Waals surface area contributed by atoms with Crippen LogP contribution in [0.1, 0.15) is 40.1 Å². The van der Waals surface area contributed by atoms with E-state index in [1.807, 2.05) is 39.1 Å². The van der Waals surface area contributed by atoms with Crippen LogP contribution in [0.4, 0.5) is 5.69 Å². The number of ether oxygens (including phenoxy) is 3. The number of fused-ring (bicyclic) bond motifs is 2. The quantitative estimate of drug-likeness (QED) is 0.442. The zero-order valence-corrected chi connectivity index (χ0v) is 22.9. The van der Waals surface area contributed by atoms with Gasteiger partial charge in [0.05, 0.1) is 23.9 Å². The normalized spacial score (nSPS) is 18.9. The molecule has 0 spiro atoms. The summed E-state index contributed by atoms with van der Waals surface area (Å²) in [6, 6.07) is 13.9. The third-order valence-electron chi connectivity index (χ3n) is 7.26. The molecule has 0 saturated carbocycles. The fraction of sp³-hybridized carbons (Fsp3) is 0.367. The van der Waals surface area contributed by atoms with Gasteiger partial charge < -0.3 is 29.5 Å². The number of aliphatic hydroxyl groups is 1. The Balaban J connectivity index is 1.43. The van der Waals surface area contributed by atoms with Gasteiger partial charge in [-0.1, -0.05) is 19.1 Å². The first-order valence-electron chi connectivity index (χ1n) is 13.3. The van der Waals surface area contributed by atoms with Crippen molar-refractivity contribution in [3.05, 3.63) is 77.6 Å². The minimum atomic E-state index is -0.386. The number of carbonyl (C=O) groups is 2. The van der Waals surface area contributed by atoms with Crippen LogP contribution in [-0.2, 0) is 6.54 Å². The van der Waals surface area contributed by atoms with E-state index in [0.29, 0.717) is 42.2 Å². The van der Waals surface area contributed by atoms with Crippen molar-refractivity contribution in [2.75, 3.05) is 38.9 Å². The number of hydrogen-bond acceptors (Lipinski definition) is 8. The molecule has 10 heteroatoms. The second-order valence-electron chi connectivity index (χ2n) is 10.4. The number of anilines is 1. The summed E-state index contributed by atoms with van der Waals surface area (Å²) < 4.78 is 17.6. The summed E-state index contributed by atoms with van der Waals surface area (Å²) in [5, 5.41) is 12.8. The van der Waals surface area contributed by atoms with Crippen molar-refractivity contribution in [3.63, 3.8) is 0 Å². The van der Waals surface area contributed by atoms with Gasteiger partial charge in [-0.3, -0.25) is 19.5 Å². The number of benzene rings is 2. The number of nitrogens with zero attached hydrogens (tertiary/aromatic N) is 3. The summed E-state index contributed by atoms with van der Waals surface area (Å²) >= 11 is 0. The van der Waals surface area contributed by atoms with E-state index in [-0.39, 0.29) is 43.3 Å². The lowest BCUT2D eigenvalue weighted by atomic mass is 9.98. The predicted molar refractivity (Wildman–Crippen MR) is 149 cm³/mol. The lowest BCUT2D eigenvalue weighted by molar-refractivity contribution is 0.0343. The molecule has 3 atom stereocenters. The van der Waals surface area contributed by atoms with Crippen LogP contribution in [0.5, 0.6) is 17.2 Å². The maximum absolute atomic E-state index is 13.7. The molecule has 1 aromatic heterocycles. The van der Waals surface area contributed by atoms with E-state index in [1.165, 1.54) is 0 Å². The van der Waals surface area contributed by atoms with Crippen molar-refractivity contribution in [3.8, 4) is 17.2 Å². The van der Waals surface area contributed by atoms with E-state index >= 15 is 0 Å². The average Bonchev–Trinajstić information content (AvgIpc) is 3.43. The molecule has 0 aliphatic carbocycles. The number of para-hydroxylation sites is 1. The minimum Gasteiger partial charge on any atom is -0.486 e. The Morgan fingerprint density at radius 3 is 2.73 bits per heavy atom. The Morgan fingerprint density at radius 2 is 1.95 bits per heavy atom. The molecular weight excluding hydrogens is 512 g/mol. The molecule has 40 heavy (non-hydrogen) atoms. The van der Waals surface area contributed by atoms with E-state index in [4.69, 9.17) is 14.2 Å². The van der Waals surface area contributed by atoms with Gasteiger partial charge in [0, 0.05) is 43.5 Å². The van der Waals surface area contributed by atoms with E-state index in [1.54, 1.807) is 47.6 Å². The number of rotatable bonds is 8. The standard InChI is InChI=1S/C30H34N4O6/c1-19-14-34(20(2)17-35)30(37)23-5-4-6-24(32-29(36)22-9-11-31-12-10-22)28(23)40-27(19)16-33(3)15-21-7-8-25-26(13-21)39-18-38-25/h4-13,19-20,27,35H,14-18H2,1-3H3,(H,32,36)/t19-,20?,27+/m1/s1. The van der Waals surface area contributed by atoms with Crippen molar-refractivity contribution >= 4 is 17.5 Å². The summed E-state index contributed by atoms with van der Waals surface area (Å²) in [5.74, 6) is 1.13. The zero-order valence-electron chi connectivity index (χ0n) is 22.9. The molecule has 2 N–H and O–H groups in total. The topological polar surface area (TPSA) is 113 Å². The van der Waals surface area contributed by atoms with E-state index in [9.17, 15) is 14.7 Å². The van der Waals surface area contributed by atoms with Crippen molar-refractivity contribution in [1.82, 2.24) is 14.8 Å². The fourth-order valence-corrected chi connectivity index (χ4v) is 4.98. The van der Waals surface area contributed by atoms with Crippen molar-refractivity contribution < 1.29 is 28.9 Å². The van der Waals surface area contributed by atoms with Gasteiger partial charge in [0.2, 0.25) is 6.79 Å². The van der Waals surface area contributed by atoms with Crippen molar-refractivity contribution in [2.24, 2.45) is 5.92 Å². The first-order chi connectivity index (χ1) is 19.3. The van der Waals surface area contributed by atoms with Gasteiger partial charge in [-0.15, -0.1) is 0 Å². The van der Waals surface area contributed by atoms with Gasteiger partial charge in [-0.05, 0) is 55.9 Å². The van der Waals surface area contributed by atoms with E-state index in [2.05, 4.69) is 15.2 Å². The SMILES string of the molecule is CC(CO)N1C[C@@H](C)[C@H](CN(C)Cc2ccc3c(c2)OCO3)Oc2c(NC(=O)c3ccncc3)cccc2C1=O.